The molecule has 0 saturated heterocycles. The molecule has 124 valence electrons. The third-order valence-corrected chi connectivity index (χ3v) is 5.77. The van der Waals surface area contributed by atoms with E-state index in [0.29, 0.717) is 12.3 Å². The number of H-pyrrole nitrogens is 1. The number of aliphatic hydroxyl groups is 1. The lowest BCUT2D eigenvalue weighted by Crippen LogP contribution is -2.41. The number of thiophene rings is 1. The fraction of sp³-hybridized carbons (Fsp3) is 0.316. The van der Waals surface area contributed by atoms with E-state index in [1.807, 2.05) is 41.9 Å². The molecule has 1 saturated carbocycles. The highest BCUT2D eigenvalue weighted by atomic mass is 32.1. The summed E-state index contributed by atoms with van der Waals surface area (Å²) in [5.41, 5.74) is 2.07. The molecule has 0 aliphatic heterocycles. The summed E-state index contributed by atoms with van der Waals surface area (Å²) >= 11 is 1.66. The number of carbonyl (C=O) groups excluding carboxylic acids is 1. The summed E-state index contributed by atoms with van der Waals surface area (Å²) < 4.78 is 0. The fourth-order valence-corrected chi connectivity index (χ4v) is 4.34. The van der Waals surface area contributed by atoms with Gasteiger partial charge < -0.3 is 15.4 Å². The van der Waals surface area contributed by atoms with Crippen LogP contribution in [0.4, 0.5) is 0 Å². The second kappa shape index (κ2) is 6.42. The average Bonchev–Trinajstić information content (AvgIpc) is 3.20. The van der Waals surface area contributed by atoms with Gasteiger partial charge in [-0.2, -0.15) is 0 Å². The predicted molar refractivity (Wildman–Crippen MR) is 95.9 cm³/mol. The maximum Gasteiger partial charge on any atom is 0.225 e. The maximum absolute atomic E-state index is 12.6. The van der Waals surface area contributed by atoms with Crippen LogP contribution in [0.15, 0.2) is 48.0 Å². The number of nitrogens with one attached hydrogen (secondary N) is 2. The Bertz CT molecular complexity index is 834. The van der Waals surface area contributed by atoms with Gasteiger partial charge in [0.25, 0.3) is 0 Å². The van der Waals surface area contributed by atoms with Crippen LogP contribution in [-0.2, 0) is 11.2 Å². The predicted octanol–water partition coefficient (Wildman–Crippen LogP) is 3.40. The number of aromatic amines is 1. The summed E-state index contributed by atoms with van der Waals surface area (Å²) in [6, 6.07) is 12.1. The van der Waals surface area contributed by atoms with Crippen LogP contribution in [0.1, 0.15) is 29.3 Å². The lowest BCUT2D eigenvalue weighted by atomic mass is 9.76. The van der Waals surface area contributed by atoms with Crippen LogP contribution in [0.2, 0.25) is 0 Å². The van der Waals surface area contributed by atoms with Crippen molar-refractivity contribution in [1.82, 2.24) is 10.3 Å². The molecule has 2 heterocycles. The van der Waals surface area contributed by atoms with Crippen molar-refractivity contribution in [3.8, 4) is 0 Å². The number of aromatic nitrogens is 1. The van der Waals surface area contributed by atoms with Gasteiger partial charge in [0.2, 0.25) is 5.91 Å². The summed E-state index contributed by atoms with van der Waals surface area (Å²) in [6.45, 7) is 0. The molecule has 3 aromatic rings. The topological polar surface area (TPSA) is 65.1 Å². The quantitative estimate of drug-likeness (QED) is 0.666. The van der Waals surface area contributed by atoms with Crippen LogP contribution in [0.3, 0.4) is 0 Å². The first kappa shape index (κ1) is 15.4. The molecule has 0 spiro atoms. The molecule has 1 aliphatic carbocycles. The molecule has 4 rings (SSSR count). The van der Waals surface area contributed by atoms with Crippen molar-refractivity contribution >= 4 is 28.1 Å². The van der Waals surface area contributed by atoms with E-state index in [-0.39, 0.29) is 18.1 Å². The Balaban J connectivity index is 1.49. The highest BCUT2D eigenvalue weighted by Crippen LogP contribution is 2.39. The molecule has 1 amide bonds. The largest absolute Gasteiger partial charge is 0.393 e. The zero-order chi connectivity index (χ0) is 16.5. The van der Waals surface area contributed by atoms with E-state index in [1.54, 1.807) is 11.3 Å². The Labute approximate surface area is 144 Å². The Morgan fingerprint density at radius 1 is 1.29 bits per heavy atom. The van der Waals surface area contributed by atoms with Crippen molar-refractivity contribution in [1.29, 1.82) is 0 Å². The Morgan fingerprint density at radius 2 is 2.12 bits per heavy atom. The van der Waals surface area contributed by atoms with Crippen LogP contribution in [0.5, 0.6) is 0 Å². The molecule has 1 unspecified atom stereocenters. The van der Waals surface area contributed by atoms with Gasteiger partial charge >= 0.3 is 0 Å². The summed E-state index contributed by atoms with van der Waals surface area (Å²) in [6.07, 6.45) is 3.58. The Morgan fingerprint density at radius 3 is 2.88 bits per heavy atom. The molecular weight excluding hydrogens is 320 g/mol. The second-order valence-electron chi connectivity index (χ2n) is 6.48. The third kappa shape index (κ3) is 2.97. The molecule has 1 atom stereocenters. The van der Waals surface area contributed by atoms with E-state index in [2.05, 4.69) is 16.4 Å². The van der Waals surface area contributed by atoms with Crippen LogP contribution >= 0.6 is 11.3 Å². The maximum atomic E-state index is 12.6. The molecule has 24 heavy (non-hydrogen) atoms. The minimum absolute atomic E-state index is 0.00565. The molecule has 0 bridgehead atoms. The van der Waals surface area contributed by atoms with Gasteiger partial charge in [0.05, 0.1) is 18.6 Å². The Hall–Kier alpha value is -2.11. The van der Waals surface area contributed by atoms with Crippen molar-refractivity contribution in [2.45, 2.75) is 31.4 Å². The van der Waals surface area contributed by atoms with E-state index >= 15 is 0 Å². The number of para-hydroxylation sites is 1. The number of fused-ring (bicyclic) bond motifs is 1. The van der Waals surface area contributed by atoms with Crippen LogP contribution in [0, 0.1) is 5.92 Å². The number of hydrogen-bond donors (Lipinski definition) is 3. The van der Waals surface area contributed by atoms with Crippen molar-refractivity contribution in [3.63, 3.8) is 0 Å². The second-order valence-corrected chi connectivity index (χ2v) is 7.46. The minimum Gasteiger partial charge on any atom is -0.393 e. The highest BCUT2D eigenvalue weighted by molar-refractivity contribution is 7.10. The molecule has 1 aromatic carbocycles. The highest BCUT2D eigenvalue weighted by Gasteiger charge is 2.36. The molecule has 3 N–H and O–H groups in total. The van der Waals surface area contributed by atoms with Gasteiger partial charge in [-0.15, -0.1) is 11.3 Å². The standard InChI is InChI=1S/C19H20N2O2S/c22-14-8-12(9-14)19(17-6-3-7-24-17)21-18(23)10-13-11-20-16-5-2-1-4-15(13)16/h1-7,11-12,14,19-20,22H,8-10H2,(H,21,23). The molecule has 4 nitrogen and oxygen atoms in total. The molecular formula is C19H20N2O2S. The molecule has 2 aromatic heterocycles. The molecule has 1 aliphatic rings. The summed E-state index contributed by atoms with van der Waals surface area (Å²) in [5, 5.41) is 15.9. The first-order valence-electron chi connectivity index (χ1n) is 8.26. The molecule has 5 heteroatoms. The van der Waals surface area contributed by atoms with E-state index in [0.717, 1.165) is 29.3 Å². The van der Waals surface area contributed by atoms with Crippen LogP contribution in [0.25, 0.3) is 10.9 Å². The van der Waals surface area contributed by atoms with Gasteiger partial charge in [0.1, 0.15) is 0 Å². The summed E-state index contributed by atoms with van der Waals surface area (Å²) in [4.78, 5) is 17.0. The van der Waals surface area contributed by atoms with Gasteiger partial charge in [-0.05, 0) is 41.8 Å². The number of aliphatic hydroxyl groups excluding tert-OH is 1. The van der Waals surface area contributed by atoms with E-state index in [1.165, 1.54) is 4.88 Å². The fourth-order valence-electron chi connectivity index (χ4n) is 3.47. The third-order valence-electron chi connectivity index (χ3n) is 4.81. The van der Waals surface area contributed by atoms with Crippen molar-refractivity contribution < 1.29 is 9.90 Å². The minimum atomic E-state index is -0.219. The summed E-state index contributed by atoms with van der Waals surface area (Å²) in [7, 11) is 0. The van der Waals surface area contributed by atoms with E-state index in [4.69, 9.17) is 0 Å². The van der Waals surface area contributed by atoms with Gasteiger partial charge in [0.15, 0.2) is 0 Å². The monoisotopic (exact) mass is 340 g/mol. The zero-order valence-electron chi connectivity index (χ0n) is 13.2. The lowest BCUT2D eigenvalue weighted by Gasteiger charge is -2.37. The van der Waals surface area contributed by atoms with Crippen molar-refractivity contribution in [2.24, 2.45) is 5.92 Å². The zero-order valence-corrected chi connectivity index (χ0v) is 14.1. The normalized spacial score (nSPS) is 21.4. The van der Waals surface area contributed by atoms with Crippen molar-refractivity contribution in [3.05, 3.63) is 58.4 Å². The van der Waals surface area contributed by atoms with Crippen molar-refractivity contribution in [2.75, 3.05) is 0 Å². The number of rotatable bonds is 5. The smallest absolute Gasteiger partial charge is 0.225 e. The number of carbonyl (C=O) groups is 1. The average molecular weight is 340 g/mol. The Kier molecular flexibility index (Phi) is 4.12. The SMILES string of the molecule is O=C(Cc1c[nH]c2ccccc12)NC(c1cccs1)C1CC(O)C1. The van der Waals surface area contributed by atoms with Gasteiger partial charge in [-0.25, -0.2) is 0 Å². The van der Waals surface area contributed by atoms with E-state index in [9.17, 15) is 9.90 Å². The lowest BCUT2D eigenvalue weighted by molar-refractivity contribution is -0.122. The first-order valence-corrected chi connectivity index (χ1v) is 9.14. The number of benzene rings is 1. The number of amides is 1. The van der Waals surface area contributed by atoms with Crippen LogP contribution in [-0.4, -0.2) is 22.1 Å². The van der Waals surface area contributed by atoms with E-state index < -0.39 is 0 Å². The summed E-state index contributed by atoms with van der Waals surface area (Å²) in [5.74, 6) is 0.352. The molecule has 0 radical (unpaired) electrons. The van der Waals surface area contributed by atoms with Gasteiger partial charge in [-0.1, -0.05) is 24.3 Å². The van der Waals surface area contributed by atoms with Crippen LogP contribution < -0.4 is 5.32 Å². The van der Waals surface area contributed by atoms with Gasteiger partial charge in [0, 0.05) is 22.0 Å². The molecule has 1 fully saturated rings. The first-order chi connectivity index (χ1) is 11.7. The van der Waals surface area contributed by atoms with Gasteiger partial charge in [-0.3, -0.25) is 4.79 Å². The number of hydrogen-bond acceptors (Lipinski definition) is 3.